The summed E-state index contributed by atoms with van der Waals surface area (Å²) in [6.45, 7) is 2.09. The summed E-state index contributed by atoms with van der Waals surface area (Å²) in [5, 5.41) is 7.84. The lowest BCUT2D eigenvalue weighted by atomic mass is 10.1. The van der Waals surface area contributed by atoms with E-state index in [9.17, 15) is 0 Å². The molecular weight excluding hydrogens is 332 g/mol. The van der Waals surface area contributed by atoms with Crippen molar-refractivity contribution < 1.29 is 9.26 Å². The lowest BCUT2D eigenvalue weighted by Crippen LogP contribution is -2.18. The summed E-state index contributed by atoms with van der Waals surface area (Å²) in [5.41, 5.74) is 1.67. The van der Waals surface area contributed by atoms with Crippen molar-refractivity contribution in [3.8, 4) is 11.3 Å². The van der Waals surface area contributed by atoms with Gasteiger partial charge in [0.15, 0.2) is 5.76 Å². The van der Waals surface area contributed by atoms with Gasteiger partial charge < -0.3 is 14.6 Å². The SMILES string of the molecule is COCCNCc1cc(-c2ccc(Br)cc2Cl)on1. The average Bonchev–Trinajstić information content (AvgIpc) is 2.83. The largest absolute Gasteiger partial charge is 0.383 e. The Bertz CT molecular complexity index is 545. The highest BCUT2D eigenvalue weighted by Crippen LogP contribution is 2.30. The zero-order valence-electron chi connectivity index (χ0n) is 10.5. The van der Waals surface area contributed by atoms with Gasteiger partial charge in [-0.05, 0) is 18.2 Å². The number of nitrogens with zero attached hydrogens (tertiary/aromatic N) is 1. The predicted octanol–water partition coefficient (Wildman–Crippen LogP) is 3.49. The van der Waals surface area contributed by atoms with Gasteiger partial charge in [0.1, 0.15) is 0 Å². The van der Waals surface area contributed by atoms with E-state index in [-0.39, 0.29) is 0 Å². The van der Waals surface area contributed by atoms with Crippen LogP contribution < -0.4 is 5.32 Å². The maximum Gasteiger partial charge on any atom is 0.168 e. The van der Waals surface area contributed by atoms with Crippen molar-refractivity contribution in [1.29, 1.82) is 0 Å². The standard InChI is InChI=1S/C13H14BrClN2O2/c1-18-5-4-16-8-10-7-13(19-17-10)11-3-2-9(14)6-12(11)15/h2-3,6-7,16H,4-5,8H2,1H3. The Balaban J connectivity index is 2.04. The van der Waals surface area contributed by atoms with Crippen LogP contribution in [-0.4, -0.2) is 25.4 Å². The van der Waals surface area contributed by atoms with Gasteiger partial charge in [0, 0.05) is 36.3 Å². The first-order valence-corrected chi connectivity index (χ1v) is 6.98. The third-order valence-corrected chi connectivity index (χ3v) is 3.35. The highest BCUT2D eigenvalue weighted by Gasteiger charge is 2.10. The van der Waals surface area contributed by atoms with E-state index >= 15 is 0 Å². The van der Waals surface area contributed by atoms with Gasteiger partial charge in [-0.25, -0.2) is 0 Å². The molecule has 0 aliphatic rings. The molecule has 0 amide bonds. The molecule has 1 aromatic heterocycles. The predicted molar refractivity (Wildman–Crippen MR) is 78.2 cm³/mol. The van der Waals surface area contributed by atoms with Gasteiger partial charge in [-0.1, -0.05) is 32.7 Å². The smallest absolute Gasteiger partial charge is 0.168 e. The number of nitrogens with one attached hydrogen (secondary N) is 1. The normalized spacial score (nSPS) is 10.9. The van der Waals surface area contributed by atoms with Crippen LogP contribution in [0.1, 0.15) is 5.69 Å². The van der Waals surface area contributed by atoms with E-state index in [1.54, 1.807) is 7.11 Å². The number of benzene rings is 1. The Labute approximate surface area is 125 Å². The molecule has 102 valence electrons. The maximum atomic E-state index is 6.17. The molecule has 0 saturated heterocycles. The topological polar surface area (TPSA) is 47.3 Å². The molecule has 0 bridgehead atoms. The second kappa shape index (κ2) is 7.05. The highest BCUT2D eigenvalue weighted by atomic mass is 79.9. The molecule has 19 heavy (non-hydrogen) atoms. The number of halogens is 2. The van der Waals surface area contributed by atoms with Crippen LogP contribution in [0.4, 0.5) is 0 Å². The molecule has 1 N–H and O–H groups in total. The van der Waals surface area contributed by atoms with E-state index in [1.165, 1.54) is 0 Å². The molecule has 0 atom stereocenters. The van der Waals surface area contributed by atoms with E-state index in [2.05, 4.69) is 26.4 Å². The van der Waals surface area contributed by atoms with Crippen LogP contribution in [0.5, 0.6) is 0 Å². The van der Waals surface area contributed by atoms with E-state index in [1.807, 2.05) is 24.3 Å². The van der Waals surface area contributed by atoms with E-state index in [4.69, 9.17) is 20.9 Å². The van der Waals surface area contributed by atoms with E-state index in [0.29, 0.717) is 23.9 Å². The van der Waals surface area contributed by atoms with Crippen LogP contribution in [0.3, 0.4) is 0 Å². The maximum absolute atomic E-state index is 6.17. The monoisotopic (exact) mass is 344 g/mol. The number of methoxy groups -OCH3 is 1. The second-order valence-electron chi connectivity index (χ2n) is 3.98. The first kappa shape index (κ1) is 14.5. The quantitative estimate of drug-likeness (QED) is 0.814. The first-order chi connectivity index (χ1) is 9.20. The van der Waals surface area contributed by atoms with Crippen LogP contribution in [-0.2, 0) is 11.3 Å². The van der Waals surface area contributed by atoms with Crippen LogP contribution in [0, 0.1) is 0 Å². The van der Waals surface area contributed by atoms with Crippen molar-refractivity contribution in [2.45, 2.75) is 6.54 Å². The van der Waals surface area contributed by atoms with Crippen molar-refractivity contribution in [2.75, 3.05) is 20.3 Å². The van der Waals surface area contributed by atoms with Crippen molar-refractivity contribution >= 4 is 27.5 Å². The molecule has 0 radical (unpaired) electrons. The number of hydrogen-bond acceptors (Lipinski definition) is 4. The van der Waals surface area contributed by atoms with Gasteiger partial charge in [-0.2, -0.15) is 0 Å². The highest BCUT2D eigenvalue weighted by molar-refractivity contribution is 9.10. The van der Waals surface area contributed by atoms with Crippen molar-refractivity contribution in [2.24, 2.45) is 0 Å². The van der Waals surface area contributed by atoms with E-state index < -0.39 is 0 Å². The summed E-state index contributed by atoms with van der Waals surface area (Å²) in [4.78, 5) is 0. The molecule has 0 saturated carbocycles. The fourth-order valence-corrected chi connectivity index (χ4v) is 2.37. The fourth-order valence-electron chi connectivity index (χ4n) is 1.60. The van der Waals surface area contributed by atoms with Crippen molar-refractivity contribution in [1.82, 2.24) is 10.5 Å². The van der Waals surface area contributed by atoms with Gasteiger partial charge >= 0.3 is 0 Å². The minimum atomic E-state index is 0.629. The summed E-state index contributed by atoms with van der Waals surface area (Å²) in [6.07, 6.45) is 0. The molecule has 2 rings (SSSR count). The van der Waals surface area contributed by atoms with Gasteiger partial charge in [-0.3, -0.25) is 0 Å². The number of rotatable bonds is 6. The molecule has 1 heterocycles. The summed E-state index contributed by atoms with van der Waals surface area (Å²) in [5.74, 6) is 0.668. The summed E-state index contributed by atoms with van der Waals surface area (Å²) in [6, 6.07) is 7.53. The number of hydrogen-bond donors (Lipinski definition) is 1. The molecule has 2 aromatic rings. The molecule has 0 aliphatic heterocycles. The van der Waals surface area contributed by atoms with Crippen LogP contribution in [0.15, 0.2) is 33.3 Å². The van der Waals surface area contributed by atoms with Crippen molar-refractivity contribution in [3.63, 3.8) is 0 Å². The van der Waals surface area contributed by atoms with Gasteiger partial charge in [0.25, 0.3) is 0 Å². The molecule has 0 spiro atoms. The first-order valence-electron chi connectivity index (χ1n) is 5.81. The lowest BCUT2D eigenvalue weighted by Gasteiger charge is -2.00. The molecule has 4 nitrogen and oxygen atoms in total. The summed E-state index contributed by atoms with van der Waals surface area (Å²) >= 11 is 9.54. The second-order valence-corrected chi connectivity index (χ2v) is 5.30. The van der Waals surface area contributed by atoms with Gasteiger partial charge in [-0.15, -0.1) is 0 Å². The summed E-state index contributed by atoms with van der Waals surface area (Å²) < 4.78 is 11.2. The van der Waals surface area contributed by atoms with Gasteiger partial charge in [0.05, 0.1) is 17.3 Å². The van der Waals surface area contributed by atoms with Crippen LogP contribution in [0.2, 0.25) is 5.02 Å². The molecule has 1 aromatic carbocycles. The third kappa shape index (κ3) is 4.04. The van der Waals surface area contributed by atoms with Crippen LogP contribution >= 0.6 is 27.5 Å². The zero-order valence-corrected chi connectivity index (χ0v) is 12.8. The lowest BCUT2D eigenvalue weighted by molar-refractivity contribution is 0.199. The Morgan fingerprint density at radius 1 is 1.42 bits per heavy atom. The molecule has 0 fully saturated rings. The molecular formula is C13H14BrClN2O2. The number of aromatic nitrogens is 1. The zero-order chi connectivity index (χ0) is 13.7. The Morgan fingerprint density at radius 2 is 2.26 bits per heavy atom. The minimum absolute atomic E-state index is 0.629. The van der Waals surface area contributed by atoms with Crippen molar-refractivity contribution in [3.05, 3.63) is 39.5 Å². The Hall–Kier alpha value is -0.880. The Kier molecular flexibility index (Phi) is 5.39. The van der Waals surface area contributed by atoms with Crippen LogP contribution in [0.25, 0.3) is 11.3 Å². The third-order valence-electron chi connectivity index (χ3n) is 2.54. The average molecular weight is 346 g/mol. The molecule has 0 aliphatic carbocycles. The Morgan fingerprint density at radius 3 is 3.00 bits per heavy atom. The minimum Gasteiger partial charge on any atom is -0.383 e. The fraction of sp³-hybridized carbons (Fsp3) is 0.308. The number of ether oxygens (including phenoxy) is 1. The molecule has 0 unspecified atom stereocenters. The van der Waals surface area contributed by atoms with E-state index in [0.717, 1.165) is 22.3 Å². The summed E-state index contributed by atoms with van der Waals surface area (Å²) in [7, 11) is 1.67. The molecule has 6 heteroatoms. The van der Waals surface area contributed by atoms with Gasteiger partial charge in [0.2, 0.25) is 0 Å².